The van der Waals surface area contributed by atoms with E-state index in [1.165, 1.54) is 19.0 Å². The van der Waals surface area contributed by atoms with Crippen LogP contribution in [0.1, 0.15) is 39.0 Å². The van der Waals surface area contributed by atoms with Crippen molar-refractivity contribution >= 4 is 35.7 Å². The molecule has 1 aliphatic heterocycles. The normalized spacial score (nSPS) is 26.8. The summed E-state index contributed by atoms with van der Waals surface area (Å²) in [6, 6.07) is 3.68. The maximum Gasteiger partial charge on any atom is 0.229 e. The Morgan fingerprint density at radius 3 is 2.62 bits per heavy atom. The number of hydrogen-bond acceptors (Lipinski definition) is 4. The largest absolute Gasteiger partial charge is 0.384 e. The second-order valence-corrected chi connectivity index (χ2v) is 6.82. The molecule has 1 saturated heterocycles. The fourth-order valence-corrected chi connectivity index (χ4v) is 3.54. The van der Waals surface area contributed by atoms with Crippen molar-refractivity contribution < 1.29 is 9.59 Å². The molecule has 0 aromatic carbocycles. The molecule has 0 radical (unpaired) electrons. The highest BCUT2D eigenvalue weighted by atomic mass is 35.5. The predicted octanol–water partition coefficient (Wildman–Crippen LogP) is 2.45. The summed E-state index contributed by atoms with van der Waals surface area (Å²) < 4.78 is 0. The number of hydrogen-bond donors (Lipinski definition) is 2. The molecule has 2 amide bonds. The SMILES string of the molecule is CC1CCC(N2CC(C(=O)Nc3ccc(N)nc3)CC2=O)CC1.Cl. The van der Waals surface area contributed by atoms with Crippen LogP contribution in [0.25, 0.3) is 0 Å². The Balaban J connectivity index is 0.00000208. The molecule has 24 heavy (non-hydrogen) atoms. The summed E-state index contributed by atoms with van der Waals surface area (Å²) in [5, 5.41) is 2.83. The van der Waals surface area contributed by atoms with Crippen molar-refractivity contribution in [2.45, 2.75) is 45.1 Å². The molecule has 1 saturated carbocycles. The van der Waals surface area contributed by atoms with Crippen LogP contribution in [0.2, 0.25) is 0 Å². The first kappa shape index (κ1) is 18.5. The van der Waals surface area contributed by atoms with Gasteiger partial charge in [0.2, 0.25) is 11.8 Å². The number of carbonyl (C=O) groups is 2. The molecule has 3 N–H and O–H groups in total. The number of likely N-dealkylation sites (tertiary alicyclic amines) is 1. The van der Waals surface area contributed by atoms with E-state index >= 15 is 0 Å². The second kappa shape index (κ2) is 7.83. The van der Waals surface area contributed by atoms with Gasteiger partial charge in [0.25, 0.3) is 0 Å². The first-order chi connectivity index (χ1) is 11.0. The summed E-state index contributed by atoms with van der Waals surface area (Å²) in [6.45, 7) is 2.80. The lowest BCUT2D eigenvalue weighted by atomic mass is 9.87. The fourth-order valence-electron chi connectivity index (χ4n) is 3.54. The van der Waals surface area contributed by atoms with E-state index in [-0.39, 0.29) is 30.1 Å². The molecule has 1 aromatic rings. The number of carbonyl (C=O) groups excluding carboxylic acids is 2. The first-order valence-corrected chi connectivity index (χ1v) is 8.35. The van der Waals surface area contributed by atoms with Gasteiger partial charge in [0.05, 0.1) is 17.8 Å². The second-order valence-electron chi connectivity index (χ2n) is 6.82. The van der Waals surface area contributed by atoms with Crippen molar-refractivity contribution in [3.8, 4) is 0 Å². The molecular weight excluding hydrogens is 328 g/mol. The van der Waals surface area contributed by atoms with Crippen LogP contribution >= 0.6 is 12.4 Å². The number of rotatable bonds is 3. The van der Waals surface area contributed by atoms with Crippen molar-refractivity contribution in [1.29, 1.82) is 0 Å². The molecular formula is C17H25ClN4O2. The van der Waals surface area contributed by atoms with Gasteiger partial charge in [-0.05, 0) is 43.7 Å². The lowest BCUT2D eigenvalue weighted by Gasteiger charge is -2.33. The van der Waals surface area contributed by atoms with Gasteiger partial charge >= 0.3 is 0 Å². The van der Waals surface area contributed by atoms with Gasteiger partial charge in [-0.15, -0.1) is 12.4 Å². The number of nitrogens with one attached hydrogen (secondary N) is 1. The molecule has 0 bridgehead atoms. The number of nitrogen functional groups attached to an aromatic ring is 1. The minimum Gasteiger partial charge on any atom is -0.384 e. The molecule has 7 heteroatoms. The van der Waals surface area contributed by atoms with Crippen molar-refractivity contribution in [2.24, 2.45) is 11.8 Å². The van der Waals surface area contributed by atoms with Crippen LogP contribution in [-0.4, -0.2) is 34.3 Å². The summed E-state index contributed by atoms with van der Waals surface area (Å²) in [4.78, 5) is 30.5. The summed E-state index contributed by atoms with van der Waals surface area (Å²) in [5.74, 6) is 0.883. The quantitative estimate of drug-likeness (QED) is 0.874. The number of amides is 2. The first-order valence-electron chi connectivity index (χ1n) is 8.35. The van der Waals surface area contributed by atoms with Crippen LogP contribution in [0.4, 0.5) is 11.5 Å². The number of halogens is 1. The minimum absolute atomic E-state index is 0. The zero-order valence-corrected chi connectivity index (χ0v) is 14.7. The van der Waals surface area contributed by atoms with Gasteiger partial charge in [-0.25, -0.2) is 4.98 Å². The van der Waals surface area contributed by atoms with Gasteiger partial charge in [0.15, 0.2) is 0 Å². The topological polar surface area (TPSA) is 88.3 Å². The molecule has 0 spiro atoms. The number of nitrogens with zero attached hydrogens (tertiary/aromatic N) is 2. The van der Waals surface area contributed by atoms with Gasteiger partial charge in [0.1, 0.15) is 5.82 Å². The average Bonchev–Trinajstić information content (AvgIpc) is 2.92. The Bertz CT molecular complexity index is 585. The Morgan fingerprint density at radius 1 is 1.29 bits per heavy atom. The highest BCUT2D eigenvalue weighted by Crippen LogP contribution is 2.31. The summed E-state index contributed by atoms with van der Waals surface area (Å²) in [6.07, 6.45) is 6.29. The van der Waals surface area contributed by atoms with E-state index in [1.54, 1.807) is 12.1 Å². The smallest absolute Gasteiger partial charge is 0.229 e. The van der Waals surface area contributed by atoms with Gasteiger partial charge in [-0.2, -0.15) is 0 Å². The highest BCUT2D eigenvalue weighted by Gasteiger charge is 2.38. The molecule has 2 aliphatic rings. The molecule has 6 nitrogen and oxygen atoms in total. The number of pyridine rings is 1. The van der Waals surface area contributed by atoms with E-state index in [1.807, 2.05) is 4.90 Å². The van der Waals surface area contributed by atoms with Crippen LogP contribution in [0.5, 0.6) is 0 Å². The summed E-state index contributed by atoms with van der Waals surface area (Å²) in [5.41, 5.74) is 6.15. The number of aromatic nitrogens is 1. The third kappa shape index (κ3) is 4.17. The van der Waals surface area contributed by atoms with Crippen LogP contribution in [0.3, 0.4) is 0 Å². The van der Waals surface area contributed by atoms with Gasteiger partial charge in [-0.3, -0.25) is 9.59 Å². The number of nitrogens with two attached hydrogens (primary N) is 1. The van der Waals surface area contributed by atoms with E-state index in [0.717, 1.165) is 18.8 Å². The third-order valence-corrected chi connectivity index (χ3v) is 5.01. The maximum atomic E-state index is 12.4. The molecule has 1 aromatic heterocycles. The van der Waals surface area contributed by atoms with Crippen LogP contribution in [0, 0.1) is 11.8 Å². The van der Waals surface area contributed by atoms with E-state index in [4.69, 9.17) is 5.73 Å². The van der Waals surface area contributed by atoms with E-state index < -0.39 is 0 Å². The lowest BCUT2D eigenvalue weighted by Crippen LogP contribution is -2.39. The molecule has 1 unspecified atom stereocenters. The predicted molar refractivity (Wildman–Crippen MR) is 95.8 cm³/mol. The zero-order valence-electron chi connectivity index (χ0n) is 13.9. The van der Waals surface area contributed by atoms with Crippen molar-refractivity contribution in [3.05, 3.63) is 18.3 Å². The van der Waals surface area contributed by atoms with Crippen molar-refractivity contribution in [2.75, 3.05) is 17.6 Å². The molecule has 1 atom stereocenters. The Hall–Kier alpha value is -1.82. The van der Waals surface area contributed by atoms with Crippen LogP contribution < -0.4 is 11.1 Å². The van der Waals surface area contributed by atoms with Gasteiger partial charge in [-0.1, -0.05) is 6.92 Å². The summed E-state index contributed by atoms with van der Waals surface area (Å²) >= 11 is 0. The standard InChI is InChI=1S/C17H24N4O2.ClH/c1-11-2-5-14(6-3-11)21-10-12(8-16(21)22)17(23)20-13-4-7-15(18)19-9-13;/h4,7,9,11-12,14H,2-3,5-6,8,10H2,1H3,(H2,18,19)(H,20,23);1H. The summed E-state index contributed by atoms with van der Waals surface area (Å²) in [7, 11) is 0. The Morgan fingerprint density at radius 2 is 2.00 bits per heavy atom. The molecule has 2 fully saturated rings. The van der Waals surface area contributed by atoms with Gasteiger partial charge < -0.3 is 16.0 Å². The maximum absolute atomic E-state index is 12.4. The van der Waals surface area contributed by atoms with E-state index in [0.29, 0.717) is 30.5 Å². The Kier molecular flexibility index (Phi) is 6.04. The molecule has 2 heterocycles. The monoisotopic (exact) mass is 352 g/mol. The Labute approximate surface area is 148 Å². The van der Waals surface area contributed by atoms with Crippen LogP contribution in [0.15, 0.2) is 18.3 Å². The molecule has 3 rings (SSSR count). The highest BCUT2D eigenvalue weighted by molar-refractivity contribution is 5.97. The van der Waals surface area contributed by atoms with Gasteiger partial charge in [0, 0.05) is 19.0 Å². The number of anilines is 2. The minimum atomic E-state index is -0.278. The van der Waals surface area contributed by atoms with Crippen molar-refractivity contribution in [3.63, 3.8) is 0 Å². The third-order valence-electron chi connectivity index (χ3n) is 5.01. The fraction of sp³-hybridized carbons (Fsp3) is 0.588. The molecule has 132 valence electrons. The van der Waals surface area contributed by atoms with Crippen LogP contribution in [-0.2, 0) is 9.59 Å². The average molecular weight is 353 g/mol. The zero-order chi connectivity index (χ0) is 16.4. The molecule has 1 aliphatic carbocycles. The van der Waals surface area contributed by atoms with E-state index in [9.17, 15) is 9.59 Å². The van der Waals surface area contributed by atoms with Crippen molar-refractivity contribution in [1.82, 2.24) is 9.88 Å². The lowest BCUT2D eigenvalue weighted by molar-refractivity contribution is -0.130. The van der Waals surface area contributed by atoms with E-state index in [2.05, 4.69) is 17.2 Å².